The third-order valence-electron chi connectivity index (χ3n) is 1.88. The maximum absolute atomic E-state index is 10.8. The number of aromatic hydroxyl groups is 2. The van der Waals surface area contributed by atoms with Gasteiger partial charge in [0.1, 0.15) is 5.78 Å². The van der Waals surface area contributed by atoms with E-state index in [-0.39, 0.29) is 23.7 Å². The number of rotatable bonds is 2. The summed E-state index contributed by atoms with van der Waals surface area (Å²) in [5, 5.41) is 18.8. The van der Waals surface area contributed by atoms with Crippen LogP contribution in [0.15, 0.2) is 12.1 Å². The van der Waals surface area contributed by atoms with E-state index in [4.69, 9.17) is 0 Å². The average Bonchev–Trinajstić information content (AvgIpc) is 2.06. The van der Waals surface area contributed by atoms with Crippen molar-refractivity contribution in [3.8, 4) is 11.5 Å². The van der Waals surface area contributed by atoms with Crippen molar-refractivity contribution in [3.63, 3.8) is 0 Å². The van der Waals surface area contributed by atoms with Gasteiger partial charge in [-0.15, -0.1) is 0 Å². The van der Waals surface area contributed by atoms with Crippen LogP contribution in [0, 0.1) is 6.92 Å². The first-order valence-corrected chi connectivity index (χ1v) is 4.02. The molecule has 0 bridgehead atoms. The van der Waals surface area contributed by atoms with Gasteiger partial charge in [-0.05, 0) is 19.4 Å². The van der Waals surface area contributed by atoms with E-state index in [2.05, 4.69) is 0 Å². The van der Waals surface area contributed by atoms with Crippen molar-refractivity contribution in [2.75, 3.05) is 0 Å². The molecule has 3 heteroatoms. The number of benzene rings is 1. The highest BCUT2D eigenvalue weighted by Crippen LogP contribution is 2.32. The summed E-state index contributed by atoms with van der Waals surface area (Å²) in [6, 6.07) is 3.32. The van der Waals surface area contributed by atoms with Crippen LogP contribution in [0.25, 0.3) is 0 Å². The Hall–Kier alpha value is -1.51. The Morgan fingerprint density at radius 3 is 2.46 bits per heavy atom. The topological polar surface area (TPSA) is 57.5 Å². The molecule has 0 radical (unpaired) electrons. The van der Waals surface area contributed by atoms with E-state index >= 15 is 0 Å². The van der Waals surface area contributed by atoms with Gasteiger partial charge < -0.3 is 10.2 Å². The van der Waals surface area contributed by atoms with Crippen LogP contribution in [0.2, 0.25) is 0 Å². The Morgan fingerprint density at radius 1 is 1.31 bits per heavy atom. The van der Waals surface area contributed by atoms with Crippen molar-refractivity contribution in [1.82, 2.24) is 0 Å². The van der Waals surface area contributed by atoms with Crippen LogP contribution in [-0.4, -0.2) is 16.0 Å². The first-order chi connectivity index (χ1) is 6.02. The number of phenolic OH excluding ortho intramolecular Hbond substituents is 2. The molecule has 0 aliphatic heterocycles. The van der Waals surface area contributed by atoms with Gasteiger partial charge in [0, 0.05) is 12.0 Å². The lowest BCUT2D eigenvalue weighted by Crippen LogP contribution is -1.96. The van der Waals surface area contributed by atoms with Crippen molar-refractivity contribution in [2.45, 2.75) is 20.3 Å². The molecule has 0 unspecified atom stereocenters. The summed E-state index contributed by atoms with van der Waals surface area (Å²) in [6.45, 7) is 3.13. The molecule has 70 valence electrons. The molecule has 3 nitrogen and oxygen atoms in total. The third kappa shape index (κ3) is 1.99. The van der Waals surface area contributed by atoms with Crippen LogP contribution in [0.5, 0.6) is 11.5 Å². The van der Waals surface area contributed by atoms with Crippen LogP contribution < -0.4 is 0 Å². The molecule has 13 heavy (non-hydrogen) atoms. The third-order valence-corrected chi connectivity index (χ3v) is 1.88. The van der Waals surface area contributed by atoms with E-state index in [1.807, 2.05) is 0 Å². The van der Waals surface area contributed by atoms with Gasteiger partial charge in [-0.3, -0.25) is 4.79 Å². The lowest BCUT2D eigenvalue weighted by atomic mass is 10.1. The number of carbonyl (C=O) groups is 1. The summed E-state index contributed by atoms with van der Waals surface area (Å²) in [6.07, 6.45) is 0.152. The summed E-state index contributed by atoms with van der Waals surface area (Å²) >= 11 is 0. The Labute approximate surface area is 76.6 Å². The van der Waals surface area contributed by atoms with E-state index in [0.717, 1.165) is 0 Å². The van der Waals surface area contributed by atoms with Crippen LogP contribution in [0.3, 0.4) is 0 Å². The first-order valence-electron chi connectivity index (χ1n) is 4.02. The number of ketones is 1. The highest BCUT2D eigenvalue weighted by atomic mass is 16.3. The summed E-state index contributed by atoms with van der Waals surface area (Å²) in [5.74, 6) is -0.368. The average molecular weight is 180 g/mol. The van der Waals surface area contributed by atoms with Crippen LogP contribution in [0.1, 0.15) is 18.1 Å². The minimum Gasteiger partial charge on any atom is -0.504 e. The Balaban J connectivity index is 3.10. The van der Waals surface area contributed by atoms with Crippen LogP contribution in [0.4, 0.5) is 0 Å². The van der Waals surface area contributed by atoms with E-state index in [1.165, 1.54) is 6.92 Å². The molecular weight excluding hydrogens is 168 g/mol. The molecule has 0 aromatic heterocycles. The second kappa shape index (κ2) is 3.47. The van der Waals surface area contributed by atoms with Gasteiger partial charge in [0.25, 0.3) is 0 Å². The molecule has 1 aromatic rings. The Morgan fingerprint density at radius 2 is 1.92 bits per heavy atom. The van der Waals surface area contributed by atoms with E-state index in [9.17, 15) is 15.0 Å². The molecule has 0 heterocycles. The molecule has 2 N–H and O–H groups in total. The smallest absolute Gasteiger partial charge is 0.161 e. The predicted molar refractivity (Wildman–Crippen MR) is 48.9 cm³/mol. The zero-order valence-corrected chi connectivity index (χ0v) is 7.66. The van der Waals surface area contributed by atoms with Crippen molar-refractivity contribution in [2.24, 2.45) is 0 Å². The lowest BCUT2D eigenvalue weighted by Gasteiger charge is -2.06. The number of phenols is 2. The summed E-state index contributed by atoms with van der Waals surface area (Å²) in [5.41, 5.74) is 1.07. The lowest BCUT2D eigenvalue weighted by molar-refractivity contribution is -0.116. The standard InChI is InChI=1S/C10H12O3/c1-6-3-4-8(5-7(2)11)10(13)9(6)12/h3-4,12-13H,5H2,1-2H3. The van der Waals surface area contributed by atoms with Gasteiger partial charge in [-0.2, -0.15) is 0 Å². The van der Waals surface area contributed by atoms with Crippen molar-refractivity contribution >= 4 is 5.78 Å². The summed E-state index contributed by atoms with van der Waals surface area (Å²) in [7, 11) is 0. The van der Waals surface area contributed by atoms with Crippen molar-refractivity contribution in [3.05, 3.63) is 23.3 Å². The molecule has 1 aromatic carbocycles. The maximum Gasteiger partial charge on any atom is 0.161 e. The second-order valence-electron chi connectivity index (χ2n) is 3.12. The molecule has 0 spiro atoms. The number of Topliss-reactive ketones (excluding diaryl/α,β-unsaturated/α-hetero) is 1. The number of aryl methyl sites for hydroxylation is 1. The molecule has 0 amide bonds. The van der Waals surface area contributed by atoms with E-state index in [1.54, 1.807) is 19.1 Å². The highest BCUT2D eigenvalue weighted by molar-refractivity contribution is 5.79. The zero-order valence-electron chi connectivity index (χ0n) is 7.66. The number of hydrogen-bond donors (Lipinski definition) is 2. The van der Waals surface area contributed by atoms with E-state index < -0.39 is 0 Å². The van der Waals surface area contributed by atoms with Crippen LogP contribution in [-0.2, 0) is 11.2 Å². The fourth-order valence-electron chi connectivity index (χ4n) is 1.13. The van der Waals surface area contributed by atoms with E-state index in [0.29, 0.717) is 11.1 Å². The van der Waals surface area contributed by atoms with Crippen LogP contribution >= 0.6 is 0 Å². The van der Waals surface area contributed by atoms with Crippen molar-refractivity contribution in [1.29, 1.82) is 0 Å². The SMILES string of the molecule is CC(=O)Cc1ccc(C)c(O)c1O. The van der Waals surface area contributed by atoms with Gasteiger partial charge in [0.05, 0.1) is 0 Å². The second-order valence-corrected chi connectivity index (χ2v) is 3.12. The molecule has 0 fully saturated rings. The zero-order chi connectivity index (χ0) is 10.0. The minimum absolute atomic E-state index is 0.0430. The predicted octanol–water partition coefficient (Wildman–Crippen LogP) is 1.54. The highest BCUT2D eigenvalue weighted by Gasteiger charge is 2.09. The Kier molecular flexibility index (Phi) is 2.56. The minimum atomic E-state index is -0.185. The monoisotopic (exact) mass is 180 g/mol. The molecule has 1 rings (SSSR count). The molecule has 0 aliphatic carbocycles. The Bertz CT molecular complexity index is 342. The van der Waals surface area contributed by atoms with Gasteiger partial charge in [0.2, 0.25) is 0 Å². The largest absolute Gasteiger partial charge is 0.504 e. The number of carbonyl (C=O) groups excluding carboxylic acids is 1. The summed E-state index contributed by atoms with van der Waals surface area (Å²) < 4.78 is 0. The van der Waals surface area contributed by atoms with Gasteiger partial charge in [0.15, 0.2) is 11.5 Å². The fraction of sp³-hybridized carbons (Fsp3) is 0.300. The molecule has 0 saturated heterocycles. The van der Waals surface area contributed by atoms with Crippen molar-refractivity contribution < 1.29 is 15.0 Å². The normalized spacial score (nSPS) is 10.0. The molecule has 0 aliphatic rings. The van der Waals surface area contributed by atoms with Gasteiger partial charge >= 0.3 is 0 Å². The number of hydrogen-bond acceptors (Lipinski definition) is 3. The summed E-state index contributed by atoms with van der Waals surface area (Å²) in [4.78, 5) is 10.8. The molecular formula is C10H12O3. The fourth-order valence-corrected chi connectivity index (χ4v) is 1.13. The maximum atomic E-state index is 10.8. The first kappa shape index (κ1) is 9.58. The van der Waals surface area contributed by atoms with Gasteiger partial charge in [-0.25, -0.2) is 0 Å². The molecule has 0 saturated carbocycles. The van der Waals surface area contributed by atoms with Gasteiger partial charge in [-0.1, -0.05) is 12.1 Å². The molecule has 0 atom stereocenters. The quantitative estimate of drug-likeness (QED) is 0.679.